The second-order valence-electron chi connectivity index (χ2n) is 8.32. The van der Waals surface area contributed by atoms with E-state index >= 15 is 0 Å². The largest absolute Gasteiger partial charge is 0.416 e. The summed E-state index contributed by atoms with van der Waals surface area (Å²) in [4.78, 5) is 29.4. The first-order chi connectivity index (χ1) is 17.3. The van der Waals surface area contributed by atoms with Crippen LogP contribution in [0.25, 0.3) is 11.0 Å². The molecule has 0 aliphatic heterocycles. The monoisotopic (exact) mass is 523 g/mol. The van der Waals surface area contributed by atoms with E-state index in [4.69, 9.17) is 0 Å². The molecule has 0 fully saturated rings. The molecule has 7 nitrogen and oxygen atoms in total. The third kappa shape index (κ3) is 5.81. The summed E-state index contributed by atoms with van der Waals surface area (Å²) in [6.07, 6.45) is -7.48. The Balaban J connectivity index is 1.48. The van der Waals surface area contributed by atoms with E-state index < -0.39 is 35.0 Å². The first-order valence-corrected chi connectivity index (χ1v) is 10.9. The summed E-state index contributed by atoms with van der Waals surface area (Å²) < 4.78 is 81.0. The molecule has 194 valence electrons. The van der Waals surface area contributed by atoms with E-state index in [0.717, 1.165) is 11.1 Å². The van der Waals surface area contributed by atoms with E-state index in [2.05, 4.69) is 15.4 Å². The standard InChI is InChI=1S/C24H19F6N5O2/c1-14-3-2-4-15(7-14)12-34-13-32-20-19(22(34)37)11-33-35(20)6-5-31-21(36)16-8-17(23(25,26)27)10-18(9-16)24(28,29)30/h2-4,7-11,13H,5-6,12H2,1H3,(H,31,36). The lowest BCUT2D eigenvalue weighted by Crippen LogP contribution is -2.28. The topological polar surface area (TPSA) is 81.8 Å². The summed E-state index contributed by atoms with van der Waals surface area (Å²) in [5.41, 5.74) is -2.14. The van der Waals surface area contributed by atoms with E-state index in [1.165, 1.54) is 21.8 Å². The minimum atomic E-state index is -5.07. The summed E-state index contributed by atoms with van der Waals surface area (Å²) in [6.45, 7) is 2.00. The Hall–Kier alpha value is -4.16. The second kappa shape index (κ2) is 9.71. The molecule has 0 aliphatic carbocycles. The van der Waals surface area contributed by atoms with Crippen molar-refractivity contribution in [3.05, 3.63) is 93.2 Å². The number of nitrogens with one attached hydrogen (secondary N) is 1. The van der Waals surface area contributed by atoms with Crippen molar-refractivity contribution < 1.29 is 31.1 Å². The van der Waals surface area contributed by atoms with Gasteiger partial charge in [0, 0.05) is 12.1 Å². The van der Waals surface area contributed by atoms with Crippen molar-refractivity contribution in [1.29, 1.82) is 0 Å². The van der Waals surface area contributed by atoms with Crippen molar-refractivity contribution >= 4 is 16.9 Å². The number of alkyl halides is 6. The molecule has 2 aromatic carbocycles. The van der Waals surface area contributed by atoms with Gasteiger partial charge in [-0.3, -0.25) is 14.2 Å². The van der Waals surface area contributed by atoms with Crippen LogP contribution in [0.5, 0.6) is 0 Å². The molecule has 37 heavy (non-hydrogen) atoms. The number of fused-ring (bicyclic) bond motifs is 1. The van der Waals surface area contributed by atoms with Gasteiger partial charge in [-0.1, -0.05) is 29.8 Å². The van der Waals surface area contributed by atoms with Gasteiger partial charge in [0.25, 0.3) is 11.5 Å². The molecule has 13 heteroatoms. The Labute approximate surface area is 205 Å². The molecule has 2 aromatic heterocycles. The molecule has 0 unspecified atom stereocenters. The minimum absolute atomic E-state index is 0.0331. The number of nitrogens with zero attached hydrogens (tertiary/aromatic N) is 4. The average molecular weight is 523 g/mol. The van der Waals surface area contributed by atoms with Gasteiger partial charge in [-0.2, -0.15) is 31.4 Å². The van der Waals surface area contributed by atoms with Gasteiger partial charge >= 0.3 is 12.4 Å². The van der Waals surface area contributed by atoms with E-state index in [1.807, 2.05) is 31.2 Å². The second-order valence-corrected chi connectivity index (χ2v) is 8.32. The van der Waals surface area contributed by atoms with Gasteiger partial charge in [0.2, 0.25) is 0 Å². The summed E-state index contributed by atoms with van der Waals surface area (Å²) >= 11 is 0. The van der Waals surface area contributed by atoms with E-state index in [0.29, 0.717) is 18.7 Å². The lowest BCUT2D eigenvalue weighted by molar-refractivity contribution is -0.143. The molecular weight excluding hydrogens is 504 g/mol. The smallest absolute Gasteiger partial charge is 0.350 e. The third-order valence-corrected chi connectivity index (χ3v) is 5.52. The van der Waals surface area contributed by atoms with Crippen LogP contribution in [0.15, 0.2) is 59.8 Å². The Morgan fingerprint density at radius 1 is 1.00 bits per heavy atom. The molecule has 2 heterocycles. The van der Waals surface area contributed by atoms with Crippen molar-refractivity contribution in [2.45, 2.75) is 32.4 Å². The van der Waals surface area contributed by atoms with Gasteiger partial charge in [-0.15, -0.1) is 0 Å². The zero-order chi connectivity index (χ0) is 27.0. The number of carbonyl (C=O) groups excluding carboxylic acids is 1. The molecule has 0 saturated heterocycles. The molecule has 0 spiro atoms. The van der Waals surface area contributed by atoms with E-state index in [9.17, 15) is 35.9 Å². The summed E-state index contributed by atoms with van der Waals surface area (Å²) in [5, 5.41) is 6.57. The normalized spacial score (nSPS) is 12.2. The zero-order valence-electron chi connectivity index (χ0n) is 19.2. The first-order valence-electron chi connectivity index (χ1n) is 10.9. The number of carbonyl (C=O) groups is 1. The molecule has 1 amide bonds. The zero-order valence-corrected chi connectivity index (χ0v) is 19.2. The van der Waals surface area contributed by atoms with Crippen LogP contribution in [0.2, 0.25) is 0 Å². The number of aryl methyl sites for hydroxylation is 1. The molecule has 0 aliphatic rings. The lowest BCUT2D eigenvalue weighted by Gasteiger charge is -2.14. The Morgan fingerprint density at radius 2 is 1.68 bits per heavy atom. The quantitative estimate of drug-likeness (QED) is 0.380. The van der Waals surface area contributed by atoms with Crippen LogP contribution >= 0.6 is 0 Å². The molecule has 4 rings (SSSR count). The fourth-order valence-corrected chi connectivity index (χ4v) is 3.74. The first kappa shape index (κ1) is 25.9. The summed E-state index contributed by atoms with van der Waals surface area (Å²) in [6, 6.07) is 8.26. The average Bonchev–Trinajstić information content (AvgIpc) is 3.23. The van der Waals surface area contributed by atoms with E-state index in [1.54, 1.807) is 0 Å². The van der Waals surface area contributed by atoms with Crippen LogP contribution in [0, 0.1) is 6.92 Å². The number of hydrogen-bond donors (Lipinski definition) is 1. The molecule has 0 atom stereocenters. The Kier molecular flexibility index (Phi) is 6.80. The highest BCUT2D eigenvalue weighted by atomic mass is 19.4. The van der Waals surface area contributed by atoms with Gasteiger partial charge in [-0.05, 0) is 30.7 Å². The van der Waals surface area contributed by atoms with Gasteiger partial charge < -0.3 is 5.32 Å². The molecular formula is C24H19F6N5O2. The fourth-order valence-electron chi connectivity index (χ4n) is 3.74. The predicted molar refractivity (Wildman–Crippen MR) is 121 cm³/mol. The summed E-state index contributed by atoms with van der Waals surface area (Å²) in [7, 11) is 0. The predicted octanol–water partition coefficient (Wildman–Crippen LogP) is 4.42. The van der Waals surface area contributed by atoms with Crippen molar-refractivity contribution in [2.24, 2.45) is 0 Å². The number of aromatic nitrogens is 4. The Bertz CT molecular complexity index is 1490. The van der Waals surface area contributed by atoms with Crippen LogP contribution in [0.4, 0.5) is 26.3 Å². The Morgan fingerprint density at radius 3 is 2.30 bits per heavy atom. The molecule has 0 bridgehead atoms. The number of rotatable bonds is 6. The minimum Gasteiger partial charge on any atom is -0.350 e. The van der Waals surface area contributed by atoms with Crippen LogP contribution < -0.4 is 10.9 Å². The number of hydrogen-bond acceptors (Lipinski definition) is 4. The molecule has 0 radical (unpaired) electrons. The van der Waals surface area contributed by atoms with Crippen LogP contribution in [0.1, 0.15) is 32.6 Å². The molecule has 1 N–H and O–H groups in total. The third-order valence-electron chi connectivity index (χ3n) is 5.52. The van der Waals surface area contributed by atoms with Crippen LogP contribution in [-0.4, -0.2) is 31.8 Å². The highest BCUT2D eigenvalue weighted by molar-refractivity contribution is 5.94. The maximum atomic E-state index is 13.0. The molecule has 0 saturated carbocycles. The highest BCUT2D eigenvalue weighted by Crippen LogP contribution is 2.36. The molecule has 4 aromatic rings. The van der Waals surface area contributed by atoms with Crippen molar-refractivity contribution in [3.63, 3.8) is 0 Å². The van der Waals surface area contributed by atoms with Gasteiger partial charge in [0.1, 0.15) is 11.7 Å². The van der Waals surface area contributed by atoms with Crippen LogP contribution in [0.3, 0.4) is 0 Å². The number of benzene rings is 2. The van der Waals surface area contributed by atoms with Crippen molar-refractivity contribution in [3.8, 4) is 0 Å². The highest BCUT2D eigenvalue weighted by Gasteiger charge is 2.37. The number of amides is 1. The van der Waals surface area contributed by atoms with Gasteiger partial charge in [0.15, 0.2) is 5.65 Å². The van der Waals surface area contributed by atoms with E-state index in [-0.39, 0.29) is 35.7 Å². The van der Waals surface area contributed by atoms with Crippen LogP contribution in [-0.2, 0) is 25.4 Å². The van der Waals surface area contributed by atoms with Gasteiger partial charge in [0.05, 0.1) is 30.4 Å². The van der Waals surface area contributed by atoms with Crippen molar-refractivity contribution in [2.75, 3.05) is 6.54 Å². The van der Waals surface area contributed by atoms with Gasteiger partial charge in [-0.25, -0.2) is 9.67 Å². The fraction of sp³-hybridized carbons (Fsp3) is 0.250. The SMILES string of the molecule is Cc1cccc(Cn2cnc3c(cnn3CCNC(=O)c3cc(C(F)(F)F)cc(C(F)(F)F)c3)c2=O)c1. The number of halogens is 6. The summed E-state index contributed by atoms with van der Waals surface area (Å²) in [5.74, 6) is -1.12. The maximum absolute atomic E-state index is 13.0. The van der Waals surface area contributed by atoms with Crippen molar-refractivity contribution in [1.82, 2.24) is 24.6 Å². The lowest BCUT2D eigenvalue weighted by atomic mass is 10.0. The maximum Gasteiger partial charge on any atom is 0.416 e.